The van der Waals surface area contributed by atoms with Crippen molar-refractivity contribution >= 4 is 10.9 Å². The van der Waals surface area contributed by atoms with Crippen molar-refractivity contribution in [2.24, 2.45) is 0 Å². The average Bonchev–Trinajstić information content (AvgIpc) is 2.68. The number of methoxy groups -OCH3 is 1. The van der Waals surface area contributed by atoms with Crippen molar-refractivity contribution in [1.29, 1.82) is 0 Å². The molecule has 25 heavy (non-hydrogen) atoms. The van der Waals surface area contributed by atoms with Gasteiger partial charge in [0, 0.05) is 10.9 Å². The maximum Gasteiger partial charge on any atom is 0.119 e. The highest BCUT2D eigenvalue weighted by Crippen LogP contribution is 2.33. The summed E-state index contributed by atoms with van der Waals surface area (Å²) in [4.78, 5) is 4.88. The number of aryl methyl sites for hydroxylation is 1. The Bertz CT molecular complexity index is 1020. The third kappa shape index (κ3) is 2.99. The summed E-state index contributed by atoms with van der Waals surface area (Å²) in [6.45, 7) is 2.10. The van der Waals surface area contributed by atoms with Gasteiger partial charge in [0.15, 0.2) is 0 Å². The van der Waals surface area contributed by atoms with Crippen molar-refractivity contribution in [2.75, 3.05) is 7.11 Å². The summed E-state index contributed by atoms with van der Waals surface area (Å²) >= 11 is 0. The van der Waals surface area contributed by atoms with Gasteiger partial charge < -0.3 is 4.74 Å². The van der Waals surface area contributed by atoms with E-state index in [-0.39, 0.29) is 0 Å². The van der Waals surface area contributed by atoms with E-state index in [4.69, 9.17) is 9.72 Å². The second-order valence-corrected chi connectivity index (χ2v) is 6.17. The van der Waals surface area contributed by atoms with E-state index in [2.05, 4.69) is 67.6 Å². The fourth-order valence-electron chi connectivity index (χ4n) is 3.06. The number of aromatic nitrogens is 1. The lowest BCUT2D eigenvalue weighted by Gasteiger charge is -2.12. The summed E-state index contributed by atoms with van der Waals surface area (Å²) in [5.41, 5.74) is 6.67. The molecule has 0 saturated carbocycles. The standard InChI is InChI=1S/C23H19NO/c1-16-8-10-18(11-9-16)23-15-20(17-6-4-3-5-7-17)21-14-19(25-2)12-13-22(21)24-23/h3-15H,1-2H3. The first-order chi connectivity index (χ1) is 12.2. The molecule has 0 unspecified atom stereocenters. The fraction of sp³-hybridized carbons (Fsp3) is 0.0870. The SMILES string of the molecule is COc1ccc2nc(-c3ccc(C)cc3)cc(-c3ccccc3)c2c1. The zero-order chi connectivity index (χ0) is 17.2. The molecule has 3 aromatic carbocycles. The minimum atomic E-state index is 0.842. The van der Waals surface area contributed by atoms with E-state index in [0.29, 0.717) is 0 Å². The summed E-state index contributed by atoms with van der Waals surface area (Å²) in [6.07, 6.45) is 0. The van der Waals surface area contributed by atoms with Gasteiger partial charge in [-0.15, -0.1) is 0 Å². The van der Waals surface area contributed by atoms with Crippen LogP contribution in [0.3, 0.4) is 0 Å². The second kappa shape index (κ2) is 6.40. The van der Waals surface area contributed by atoms with Crippen LogP contribution in [0.25, 0.3) is 33.3 Å². The average molecular weight is 325 g/mol. The van der Waals surface area contributed by atoms with E-state index in [1.807, 2.05) is 18.2 Å². The maximum atomic E-state index is 5.41. The smallest absolute Gasteiger partial charge is 0.119 e. The van der Waals surface area contributed by atoms with Crippen LogP contribution in [0, 0.1) is 6.92 Å². The summed E-state index contributed by atoms with van der Waals surface area (Å²) in [7, 11) is 1.69. The number of hydrogen-bond donors (Lipinski definition) is 0. The fourth-order valence-corrected chi connectivity index (χ4v) is 3.06. The van der Waals surface area contributed by atoms with Crippen LogP contribution in [0.15, 0.2) is 78.9 Å². The van der Waals surface area contributed by atoms with Crippen LogP contribution in [0.5, 0.6) is 5.75 Å². The molecule has 2 nitrogen and oxygen atoms in total. The lowest BCUT2D eigenvalue weighted by Crippen LogP contribution is -1.91. The predicted molar refractivity (Wildman–Crippen MR) is 104 cm³/mol. The minimum absolute atomic E-state index is 0.842. The van der Waals surface area contributed by atoms with Gasteiger partial charge >= 0.3 is 0 Å². The van der Waals surface area contributed by atoms with E-state index in [9.17, 15) is 0 Å². The highest BCUT2D eigenvalue weighted by molar-refractivity contribution is 5.97. The topological polar surface area (TPSA) is 22.1 Å². The number of hydrogen-bond acceptors (Lipinski definition) is 2. The molecule has 0 amide bonds. The van der Waals surface area contributed by atoms with Gasteiger partial charge in [0.25, 0.3) is 0 Å². The summed E-state index contributed by atoms with van der Waals surface area (Å²) in [5, 5.41) is 1.10. The molecule has 2 heteroatoms. The molecule has 0 aliphatic rings. The van der Waals surface area contributed by atoms with Crippen LogP contribution in [0.4, 0.5) is 0 Å². The Kier molecular flexibility index (Phi) is 3.95. The summed E-state index contributed by atoms with van der Waals surface area (Å²) < 4.78 is 5.41. The molecule has 0 aliphatic heterocycles. The quantitative estimate of drug-likeness (QED) is 0.469. The van der Waals surface area contributed by atoms with Crippen LogP contribution in [0.2, 0.25) is 0 Å². The Morgan fingerprint density at radius 1 is 0.760 bits per heavy atom. The van der Waals surface area contributed by atoms with Gasteiger partial charge in [-0.25, -0.2) is 4.98 Å². The molecule has 0 bridgehead atoms. The van der Waals surface area contributed by atoms with Crippen LogP contribution in [-0.4, -0.2) is 12.1 Å². The third-order valence-corrected chi connectivity index (χ3v) is 4.45. The van der Waals surface area contributed by atoms with Crippen LogP contribution in [-0.2, 0) is 0 Å². The predicted octanol–water partition coefficient (Wildman–Crippen LogP) is 5.89. The minimum Gasteiger partial charge on any atom is -0.497 e. The van der Waals surface area contributed by atoms with Crippen molar-refractivity contribution in [3.8, 4) is 28.1 Å². The van der Waals surface area contributed by atoms with E-state index in [1.165, 1.54) is 16.7 Å². The van der Waals surface area contributed by atoms with E-state index in [1.54, 1.807) is 7.11 Å². The Balaban J connectivity index is 1.99. The summed E-state index contributed by atoms with van der Waals surface area (Å²) in [6, 6.07) is 27.1. The molecule has 1 aromatic heterocycles. The Morgan fingerprint density at radius 2 is 1.52 bits per heavy atom. The van der Waals surface area contributed by atoms with Gasteiger partial charge in [-0.2, -0.15) is 0 Å². The van der Waals surface area contributed by atoms with Crippen LogP contribution in [0.1, 0.15) is 5.56 Å². The molecule has 0 N–H and O–H groups in total. The molecule has 122 valence electrons. The Morgan fingerprint density at radius 3 is 2.24 bits per heavy atom. The highest BCUT2D eigenvalue weighted by Gasteiger charge is 2.10. The first kappa shape index (κ1) is 15.4. The Labute approximate surface area is 147 Å². The van der Waals surface area contributed by atoms with Crippen molar-refractivity contribution in [3.05, 3.63) is 84.4 Å². The van der Waals surface area contributed by atoms with Crippen LogP contribution >= 0.6 is 0 Å². The number of rotatable bonds is 3. The van der Waals surface area contributed by atoms with Gasteiger partial charge in [-0.05, 0) is 42.3 Å². The normalized spacial score (nSPS) is 10.8. The van der Waals surface area contributed by atoms with Crippen molar-refractivity contribution in [3.63, 3.8) is 0 Å². The molecule has 0 aliphatic carbocycles. The zero-order valence-corrected chi connectivity index (χ0v) is 14.4. The van der Waals surface area contributed by atoms with Gasteiger partial charge in [-0.1, -0.05) is 60.2 Å². The number of fused-ring (bicyclic) bond motifs is 1. The van der Waals surface area contributed by atoms with E-state index >= 15 is 0 Å². The third-order valence-electron chi connectivity index (χ3n) is 4.45. The largest absolute Gasteiger partial charge is 0.497 e. The highest BCUT2D eigenvalue weighted by atomic mass is 16.5. The summed E-state index contributed by atoms with van der Waals surface area (Å²) in [5.74, 6) is 0.842. The van der Waals surface area contributed by atoms with Crippen LogP contribution < -0.4 is 4.74 Å². The van der Waals surface area contributed by atoms with Gasteiger partial charge in [0.2, 0.25) is 0 Å². The van der Waals surface area contributed by atoms with Crippen molar-refractivity contribution in [1.82, 2.24) is 4.98 Å². The first-order valence-electron chi connectivity index (χ1n) is 8.36. The van der Waals surface area contributed by atoms with E-state index in [0.717, 1.165) is 27.9 Å². The molecule has 0 radical (unpaired) electrons. The molecule has 4 aromatic rings. The number of benzene rings is 3. The molecular weight excluding hydrogens is 306 g/mol. The van der Waals surface area contributed by atoms with Gasteiger partial charge in [0.1, 0.15) is 5.75 Å². The second-order valence-electron chi connectivity index (χ2n) is 6.17. The first-order valence-corrected chi connectivity index (χ1v) is 8.36. The molecule has 4 rings (SSSR count). The molecule has 1 heterocycles. The van der Waals surface area contributed by atoms with Crippen molar-refractivity contribution in [2.45, 2.75) is 6.92 Å². The Hall–Kier alpha value is -3.13. The maximum absolute atomic E-state index is 5.41. The van der Waals surface area contributed by atoms with E-state index < -0.39 is 0 Å². The lowest BCUT2D eigenvalue weighted by molar-refractivity contribution is 0.415. The molecule has 0 spiro atoms. The lowest BCUT2D eigenvalue weighted by atomic mass is 9.98. The number of ether oxygens (including phenoxy) is 1. The number of nitrogens with zero attached hydrogens (tertiary/aromatic N) is 1. The van der Waals surface area contributed by atoms with Gasteiger partial charge in [0.05, 0.1) is 18.3 Å². The molecule has 0 saturated heterocycles. The van der Waals surface area contributed by atoms with Crippen molar-refractivity contribution < 1.29 is 4.74 Å². The number of pyridine rings is 1. The molecule has 0 atom stereocenters. The zero-order valence-electron chi connectivity index (χ0n) is 14.4. The molecule has 0 fully saturated rings. The molecular formula is C23H19NO. The monoisotopic (exact) mass is 325 g/mol. The van der Waals surface area contributed by atoms with Gasteiger partial charge in [-0.3, -0.25) is 0 Å².